The number of non-ortho nitro benzene ring substituents is 1. The fourth-order valence-corrected chi connectivity index (χ4v) is 5.11. The molecule has 0 spiro atoms. The van der Waals surface area contributed by atoms with Crippen molar-refractivity contribution in [2.45, 2.75) is 4.34 Å². The summed E-state index contributed by atoms with van der Waals surface area (Å²) in [5.74, 6) is -0.232. The third-order valence-corrected chi connectivity index (χ3v) is 7.03. The Morgan fingerprint density at radius 2 is 1.69 bits per heavy atom. The van der Waals surface area contributed by atoms with E-state index < -0.39 is 4.92 Å². The Morgan fingerprint density at radius 3 is 2.34 bits per heavy atom. The first-order chi connectivity index (χ1) is 15.5. The maximum atomic E-state index is 12.5. The van der Waals surface area contributed by atoms with Crippen molar-refractivity contribution >= 4 is 52.0 Å². The average molecular weight is 482 g/mol. The molecule has 0 bridgehead atoms. The van der Waals surface area contributed by atoms with E-state index in [1.807, 2.05) is 60.7 Å². The monoisotopic (exact) mass is 481 g/mol. The number of amides is 1. The minimum absolute atomic E-state index is 0.0923. The number of nitrogens with one attached hydrogen (secondary N) is 1. The molecule has 0 radical (unpaired) electrons. The number of halogens is 1. The summed E-state index contributed by atoms with van der Waals surface area (Å²) in [6.07, 6.45) is 0. The molecule has 0 unspecified atom stereocenters. The highest BCUT2D eigenvalue weighted by Crippen LogP contribution is 2.40. The maximum Gasteiger partial charge on any atom is 0.271 e. The zero-order valence-corrected chi connectivity index (χ0v) is 18.9. The highest BCUT2D eigenvalue weighted by atomic mass is 35.5. The van der Waals surface area contributed by atoms with Crippen molar-refractivity contribution < 1.29 is 9.72 Å². The maximum absolute atomic E-state index is 12.5. The lowest BCUT2D eigenvalue weighted by molar-refractivity contribution is -0.384. The number of nitro benzene ring substituents is 1. The summed E-state index contributed by atoms with van der Waals surface area (Å²) < 4.78 is 0.753. The molecule has 6 nitrogen and oxygen atoms in total. The Bertz CT molecular complexity index is 1210. The number of hydrogen-bond donors (Lipinski definition) is 1. The SMILES string of the molecule is O=C(CSc1nc(-c2ccccc2)c(-c2ccccc2)s1)Nc1cc([N+](=O)[O-])ccc1Cl. The Hall–Kier alpha value is -3.20. The summed E-state index contributed by atoms with van der Waals surface area (Å²) in [7, 11) is 0. The first-order valence-electron chi connectivity index (χ1n) is 9.49. The van der Waals surface area contributed by atoms with Crippen molar-refractivity contribution in [1.29, 1.82) is 0 Å². The van der Waals surface area contributed by atoms with Gasteiger partial charge < -0.3 is 5.32 Å². The van der Waals surface area contributed by atoms with E-state index in [2.05, 4.69) is 5.32 Å². The Kier molecular flexibility index (Phi) is 6.84. The van der Waals surface area contributed by atoms with Gasteiger partial charge in [0, 0.05) is 17.7 Å². The zero-order chi connectivity index (χ0) is 22.5. The lowest BCUT2D eigenvalue weighted by atomic mass is 10.1. The smallest absolute Gasteiger partial charge is 0.271 e. The number of hydrogen-bond acceptors (Lipinski definition) is 6. The van der Waals surface area contributed by atoms with Crippen LogP contribution in [0.5, 0.6) is 0 Å². The number of thioether (sulfide) groups is 1. The van der Waals surface area contributed by atoms with Gasteiger partial charge in [-0.15, -0.1) is 11.3 Å². The summed E-state index contributed by atoms with van der Waals surface area (Å²) >= 11 is 8.90. The topological polar surface area (TPSA) is 85.1 Å². The van der Waals surface area contributed by atoms with E-state index in [1.54, 1.807) is 0 Å². The summed E-state index contributed by atoms with van der Waals surface area (Å²) in [5, 5.41) is 13.8. The number of carbonyl (C=O) groups excluding carboxylic acids is 1. The molecule has 1 heterocycles. The van der Waals surface area contributed by atoms with E-state index in [9.17, 15) is 14.9 Å². The molecule has 0 aliphatic heterocycles. The molecule has 160 valence electrons. The van der Waals surface area contributed by atoms with Crippen LogP contribution < -0.4 is 5.32 Å². The van der Waals surface area contributed by atoms with Gasteiger partial charge in [-0.25, -0.2) is 4.98 Å². The van der Waals surface area contributed by atoms with E-state index >= 15 is 0 Å². The molecule has 0 aliphatic carbocycles. The van der Waals surface area contributed by atoms with Gasteiger partial charge in [0.15, 0.2) is 4.34 Å². The molecule has 3 aromatic carbocycles. The number of benzene rings is 3. The van der Waals surface area contributed by atoms with Crippen molar-refractivity contribution in [3.63, 3.8) is 0 Å². The molecule has 4 rings (SSSR count). The summed E-state index contributed by atoms with van der Waals surface area (Å²) in [4.78, 5) is 28.7. The second-order valence-electron chi connectivity index (χ2n) is 6.65. The minimum Gasteiger partial charge on any atom is -0.324 e. The lowest BCUT2D eigenvalue weighted by Crippen LogP contribution is -2.14. The van der Waals surface area contributed by atoms with Crippen LogP contribution >= 0.6 is 34.7 Å². The van der Waals surface area contributed by atoms with Crippen molar-refractivity contribution in [2.75, 3.05) is 11.1 Å². The number of nitro groups is 1. The van der Waals surface area contributed by atoms with Crippen LogP contribution in [0.3, 0.4) is 0 Å². The van der Waals surface area contributed by atoms with Gasteiger partial charge in [-0.05, 0) is 11.6 Å². The molecule has 4 aromatic rings. The summed E-state index contributed by atoms with van der Waals surface area (Å²) in [6, 6.07) is 23.8. The van der Waals surface area contributed by atoms with Crippen molar-refractivity contribution in [1.82, 2.24) is 4.98 Å². The predicted octanol–water partition coefficient (Wildman–Crippen LogP) is 6.77. The third-order valence-electron chi connectivity index (χ3n) is 4.45. The molecule has 0 saturated carbocycles. The second-order valence-corrected chi connectivity index (χ2v) is 9.28. The summed E-state index contributed by atoms with van der Waals surface area (Å²) in [5.41, 5.74) is 3.00. The standard InChI is InChI=1S/C23H16ClN3O3S2/c24-18-12-11-17(27(29)30)13-19(18)25-20(28)14-31-23-26-21(15-7-3-1-4-8-15)22(32-23)16-9-5-2-6-10-16/h1-13H,14H2,(H,25,28). The molecule has 9 heteroatoms. The number of carbonyl (C=O) groups is 1. The van der Waals surface area contributed by atoms with Gasteiger partial charge in [0.25, 0.3) is 5.69 Å². The molecular weight excluding hydrogens is 466 g/mol. The van der Waals surface area contributed by atoms with Gasteiger partial charge in [-0.3, -0.25) is 14.9 Å². The Labute approximate surface area is 197 Å². The van der Waals surface area contributed by atoms with Crippen molar-refractivity contribution in [3.05, 3.63) is 94.0 Å². The van der Waals surface area contributed by atoms with Gasteiger partial charge in [-0.2, -0.15) is 0 Å². The Morgan fingerprint density at radius 1 is 1.03 bits per heavy atom. The number of rotatable bonds is 7. The lowest BCUT2D eigenvalue weighted by Gasteiger charge is -2.06. The molecule has 0 aliphatic rings. The minimum atomic E-state index is -0.535. The van der Waals surface area contributed by atoms with Crippen LogP contribution in [0.2, 0.25) is 5.02 Å². The number of aromatic nitrogens is 1. The van der Waals surface area contributed by atoms with Gasteiger partial charge in [-0.1, -0.05) is 84.0 Å². The quantitative estimate of drug-likeness (QED) is 0.179. The number of anilines is 1. The van der Waals surface area contributed by atoms with Crippen LogP contribution in [0.1, 0.15) is 0 Å². The molecular formula is C23H16ClN3O3S2. The highest BCUT2D eigenvalue weighted by molar-refractivity contribution is 8.01. The van der Waals surface area contributed by atoms with Crippen molar-refractivity contribution in [2.24, 2.45) is 0 Å². The van der Waals surface area contributed by atoms with Crippen LogP contribution in [-0.4, -0.2) is 21.6 Å². The van der Waals surface area contributed by atoms with Crippen LogP contribution in [0.15, 0.2) is 83.2 Å². The van der Waals surface area contributed by atoms with E-state index in [4.69, 9.17) is 16.6 Å². The van der Waals surface area contributed by atoms with Gasteiger partial charge in [0.1, 0.15) is 0 Å². The molecule has 0 fully saturated rings. The highest BCUT2D eigenvalue weighted by Gasteiger charge is 2.17. The molecule has 1 N–H and O–H groups in total. The third kappa shape index (κ3) is 5.16. The molecule has 1 aromatic heterocycles. The van der Waals surface area contributed by atoms with Crippen LogP contribution in [0.4, 0.5) is 11.4 Å². The van der Waals surface area contributed by atoms with E-state index in [-0.39, 0.29) is 28.1 Å². The van der Waals surface area contributed by atoms with E-state index in [0.29, 0.717) is 0 Å². The molecule has 1 amide bonds. The number of thiazole rings is 1. The molecule has 0 saturated heterocycles. The van der Waals surface area contributed by atoms with Gasteiger partial charge >= 0.3 is 0 Å². The fraction of sp³-hybridized carbons (Fsp3) is 0.0435. The predicted molar refractivity (Wildman–Crippen MR) is 130 cm³/mol. The van der Waals surface area contributed by atoms with Crippen LogP contribution in [-0.2, 0) is 4.79 Å². The number of nitrogens with zero attached hydrogens (tertiary/aromatic N) is 2. The molecule has 32 heavy (non-hydrogen) atoms. The van der Waals surface area contributed by atoms with Crippen LogP contribution in [0.25, 0.3) is 21.7 Å². The first kappa shape index (κ1) is 22.0. The Balaban J connectivity index is 1.53. The zero-order valence-electron chi connectivity index (χ0n) is 16.5. The average Bonchev–Trinajstić information content (AvgIpc) is 3.24. The van der Waals surface area contributed by atoms with E-state index in [0.717, 1.165) is 26.0 Å². The largest absolute Gasteiger partial charge is 0.324 e. The summed E-state index contributed by atoms with van der Waals surface area (Å²) in [6.45, 7) is 0. The van der Waals surface area contributed by atoms with Crippen molar-refractivity contribution in [3.8, 4) is 21.7 Å². The van der Waals surface area contributed by atoms with Gasteiger partial charge in [0.2, 0.25) is 5.91 Å². The normalized spacial score (nSPS) is 10.7. The van der Waals surface area contributed by atoms with E-state index in [1.165, 1.54) is 41.3 Å². The second kappa shape index (κ2) is 9.95. The fourth-order valence-electron chi connectivity index (χ4n) is 2.98. The van der Waals surface area contributed by atoms with Crippen LogP contribution in [0, 0.1) is 10.1 Å². The molecule has 0 atom stereocenters. The van der Waals surface area contributed by atoms with Gasteiger partial charge in [0.05, 0.1) is 32.0 Å². The first-order valence-corrected chi connectivity index (χ1v) is 11.7.